The van der Waals surface area contributed by atoms with Gasteiger partial charge in [0.05, 0.1) is 0 Å². The second kappa shape index (κ2) is 6.08. The molecule has 22 heavy (non-hydrogen) atoms. The number of nitriles is 1. The van der Waals surface area contributed by atoms with Crippen molar-refractivity contribution in [2.45, 2.75) is 18.9 Å². The molecule has 1 aliphatic carbocycles. The van der Waals surface area contributed by atoms with E-state index in [9.17, 15) is 4.79 Å². The Morgan fingerprint density at radius 3 is 2.64 bits per heavy atom. The smallest absolute Gasteiger partial charge is 0.262 e. The van der Waals surface area contributed by atoms with Gasteiger partial charge in [-0.2, -0.15) is 5.26 Å². The normalized spacial score (nSPS) is 14.5. The van der Waals surface area contributed by atoms with E-state index in [1.165, 1.54) is 6.08 Å². The van der Waals surface area contributed by atoms with Crippen LogP contribution in [-0.2, 0) is 4.79 Å². The molecule has 110 valence electrons. The molecule has 0 spiro atoms. The first-order valence-electron chi connectivity index (χ1n) is 6.94. The molecule has 3 rings (SSSR count). The molecule has 1 aliphatic rings. The zero-order valence-corrected chi connectivity index (χ0v) is 12.4. The summed E-state index contributed by atoms with van der Waals surface area (Å²) in [6.07, 6.45) is 3.41. The van der Waals surface area contributed by atoms with Crippen LogP contribution in [0.2, 0.25) is 5.02 Å². The summed E-state index contributed by atoms with van der Waals surface area (Å²) in [5, 5.41) is 12.5. The van der Waals surface area contributed by atoms with Crippen LogP contribution >= 0.6 is 11.6 Å². The lowest BCUT2D eigenvalue weighted by molar-refractivity contribution is -0.117. The van der Waals surface area contributed by atoms with Gasteiger partial charge in [0.25, 0.3) is 5.91 Å². The van der Waals surface area contributed by atoms with Gasteiger partial charge in [0, 0.05) is 22.7 Å². The fourth-order valence-electron chi connectivity index (χ4n) is 1.98. The Balaban J connectivity index is 1.80. The van der Waals surface area contributed by atoms with E-state index in [2.05, 4.69) is 5.32 Å². The zero-order chi connectivity index (χ0) is 15.5. The summed E-state index contributed by atoms with van der Waals surface area (Å²) in [4.78, 5) is 11.9. The van der Waals surface area contributed by atoms with Crippen molar-refractivity contribution in [3.05, 3.63) is 52.8 Å². The van der Waals surface area contributed by atoms with Gasteiger partial charge >= 0.3 is 0 Å². The molecule has 1 aromatic heterocycles. The average Bonchev–Trinajstić information content (AvgIpc) is 3.21. The first-order valence-corrected chi connectivity index (χ1v) is 7.32. The van der Waals surface area contributed by atoms with Crippen LogP contribution in [0.4, 0.5) is 0 Å². The van der Waals surface area contributed by atoms with Crippen molar-refractivity contribution in [1.29, 1.82) is 5.26 Å². The van der Waals surface area contributed by atoms with E-state index in [0.29, 0.717) is 16.5 Å². The summed E-state index contributed by atoms with van der Waals surface area (Å²) in [5.74, 6) is 0.768. The lowest BCUT2D eigenvalue weighted by atomic mass is 10.2. The quantitative estimate of drug-likeness (QED) is 0.690. The largest absolute Gasteiger partial charge is 0.457 e. The third-order valence-corrected chi connectivity index (χ3v) is 3.57. The summed E-state index contributed by atoms with van der Waals surface area (Å²) >= 11 is 5.85. The van der Waals surface area contributed by atoms with Gasteiger partial charge in [0.2, 0.25) is 0 Å². The van der Waals surface area contributed by atoms with Gasteiger partial charge in [-0.15, -0.1) is 0 Å². The van der Waals surface area contributed by atoms with E-state index in [-0.39, 0.29) is 17.5 Å². The topological polar surface area (TPSA) is 66.0 Å². The number of halogens is 1. The van der Waals surface area contributed by atoms with Crippen LogP contribution in [0.3, 0.4) is 0 Å². The van der Waals surface area contributed by atoms with E-state index in [1.807, 2.05) is 18.2 Å². The summed E-state index contributed by atoms with van der Waals surface area (Å²) in [6.45, 7) is 0. The maximum absolute atomic E-state index is 11.9. The van der Waals surface area contributed by atoms with Gasteiger partial charge in [-0.05, 0) is 49.2 Å². The number of nitrogens with zero attached hydrogens (tertiary/aromatic N) is 1. The van der Waals surface area contributed by atoms with Crippen molar-refractivity contribution in [3.8, 4) is 17.4 Å². The molecule has 1 saturated carbocycles. The monoisotopic (exact) mass is 312 g/mol. The highest BCUT2D eigenvalue weighted by Crippen LogP contribution is 2.25. The van der Waals surface area contributed by atoms with E-state index in [0.717, 1.165) is 18.4 Å². The summed E-state index contributed by atoms with van der Waals surface area (Å²) in [7, 11) is 0. The molecule has 1 amide bonds. The number of carbonyl (C=O) groups is 1. The second-order valence-corrected chi connectivity index (χ2v) is 5.56. The lowest BCUT2D eigenvalue weighted by Crippen LogP contribution is -2.26. The van der Waals surface area contributed by atoms with Crippen LogP contribution in [0.25, 0.3) is 17.4 Å². The molecular formula is C17H13ClN2O2. The minimum absolute atomic E-state index is 0.0453. The number of hydrogen-bond acceptors (Lipinski definition) is 3. The molecule has 0 aliphatic heterocycles. The number of hydrogen-bond donors (Lipinski definition) is 1. The zero-order valence-electron chi connectivity index (χ0n) is 11.7. The van der Waals surface area contributed by atoms with Crippen LogP contribution in [0.5, 0.6) is 0 Å². The van der Waals surface area contributed by atoms with Crippen LogP contribution in [0.1, 0.15) is 18.6 Å². The van der Waals surface area contributed by atoms with Gasteiger partial charge in [-0.3, -0.25) is 4.79 Å². The maximum Gasteiger partial charge on any atom is 0.262 e. The highest BCUT2D eigenvalue weighted by molar-refractivity contribution is 6.30. The molecule has 1 heterocycles. The first kappa shape index (κ1) is 14.4. The fraction of sp³-hybridized carbons (Fsp3) is 0.176. The van der Waals surface area contributed by atoms with Gasteiger partial charge < -0.3 is 9.73 Å². The number of benzene rings is 1. The van der Waals surface area contributed by atoms with Crippen molar-refractivity contribution >= 4 is 23.6 Å². The number of rotatable bonds is 4. The molecular weight excluding hydrogens is 300 g/mol. The Kier molecular flexibility index (Phi) is 3.99. The summed E-state index contributed by atoms with van der Waals surface area (Å²) < 4.78 is 5.66. The predicted octanol–water partition coefficient (Wildman–Crippen LogP) is 3.79. The SMILES string of the molecule is N#C/C(=C/c1ccc(-c2ccc(Cl)cc2)o1)C(=O)NC1CC1. The van der Waals surface area contributed by atoms with Gasteiger partial charge in [0.1, 0.15) is 23.2 Å². The minimum Gasteiger partial charge on any atom is -0.457 e. The fourth-order valence-corrected chi connectivity index (χ4v) is 2.11. The molecule has 4 nitrogen and oxygen atoms in total. The van der Waals surface area contributed by atoms with Gasteiger partial charge in [-0.25, -0.2) is 0 Å². The molecule has 0 bridgehead atoms. The van der Waals surface area contributed by atoms with Gasteiger partial charge in [-0.1, -0.05) is 11.6 Å². The number of amides is 1. The third-order valence-electron chi connectivity index (χ3n) is 3.32. The van der Waals surface area contributed by atoms with Crippen molar-refractivity contribution in [3.63, 3.8) is 0 Å². The van der Waals surface area contributed by atoms with Crippen molar-refractivity contribution in [2.24, 2.45) is 0 Å². The van der Waals surface area contributed by atoms with Crippen LogP contribution < -0.4 is 5.32 Å². The Morgan fingerprint density at radius 2 is 2.00 bits per heavy atom. The third kappa shape index (κ3) is 3.38. The minimum atomic E-state index is -0.352. The molecule has 1 aromatic carbocycles. The summed E-state index contributed by atoms with van der Waals surface area (Å²) in [6, 6.07) is 12.9. The van der Waals surface area contributed by atoms with E-state index < -0.39 is 0 Å². The highest BCUT2D eigenvalue weighted by atomic mass is 35.5. The lowest BCUT2D eigenvalue weighted by Gasteiger charge is -2.00. The van der Waals surface area contributed by atoms with E-state index >= 15 is 0 Å². The van der Waals surface area contributed by atoms with Gasteiger partial charge in [0.15, 0.2) is 0 Å². The van der Waals surface area contributed by atoms with Crippen molar-refractivity contribution < 1.29 is 9.21 Å². The molecule has 0 radical (unpaired) electrons. The molecule has 0 atom stereocenters. The predicted molar refractivity (Wildman–Crippen MR) is 83.9 cm³/mol. The maximum atomic E-state index is 11.9. The van der Waals surface area contributed by atoms with E-state index in [1.54, 1.807) is 24.3 Å². The Hall–Kier alpha value is -2.51. The number of carbonyl (C=O) groups excluding carboxylic acids is 1. The average molecular weight is 313 g/mol. The second-order valence-electron chi connectivity index (χ2n) is 5.13. The standard InChI is InChI=1S/C17H13ClN2O2/c18-13-3-1-11(2-4-13)16-8-7-15(22-16)9-12(10-19)17(21)20-14-5-6-14/h1-4,7-9,14H,5-6H2,(H,20,21)/b12-9-. The van der Waals surface area contributed by atoms with E-state index in [4.69, 9.17) is 21.3 Å². The van der Waals surface area contributed by atoms with Crippen LogP contribution in [-0.4, -0.2) is 11.9 Å². The van der Waals surface area contributed by atoms with Crippen LogP contribution in [0, 0.1) is 11.3 Å². The Labute approximate surface area is 133 Å². The van der Waals surface area contributed by atoms with Crippen LogP contribution in [0.15, 0.2) is 46.4 Å². The summed E-state index contributed by atoms with van der Waals surface area (Å²) in [5.41, 5.74) is 0.925. The number of nitrogens with one attached hydrogen (secondary N) is 1. The molecule has 1 fully saturated rings. The van der Waals surface area contributed by atoms with Crippen molar-refractivity contribution in [1.82, 2.24) is 5.32 Å². The molecule has 5 heteroatoms. The molecule has 0 unspecified atom stereocenters. The highest BCUT2D eigenvalue weighted by Gasteiger charge is 2.24. The molecule has 1 N–H and O–H groups in total. The Bertz CT molecular complexity index is 765. The number of furan rings is 1. The first-order chi connectivity index (χ1) is 10.7. The molecule has 2 aromatic rings. The van der Waals surface area contributed by atoms with Crippen molar-refractivity contribution in [2.75, 3.05) is 0 Å². The Morgan fingerprint density at radius 1 is 1.27 bits per heavy atom. The molecule has 0 saturated heterocycles.